The molecule has 1 unspecified atom stereocenters. The highest BCUT2D eigenvalue weighted by atomic mass is 16.6. The van der Waals surface area contributed by atoms with Crippen LogP contribution < -0.4 is 0 Å². The number of rotatable bonds is 6. The van der Waals surface area contributed by atoms with Gasteiger partial charge in [0.05, 0.1) is 5.92 Å². The summed E-state index contributed by atoms with van der Waals surface area (Å²) in [5.74, 6) is -2.31. The van der Waals surface area contributed by atoms with Crippen molar-refractivity contribution < 1.29 is 24.2 Å². The molecule has 0 saturated carbocycles. The minimum atomic E-state index is -1.25. The molecule has 6 nitrogen and oxygen atoms in total. The van der Waals surface area contributed by atoms with E-state index in [9.17, 15) is 19.5 Å². The van der Waals surface area contributed by atoms with Crippen molar-refractivity contribution in [3.8, 4) is 11.1 Å². The van der Waals surface area contributed by atoms with Crippen LogP contribution in [0.2, 0.25) is 0 Å². The monoisotopic (exact) mass is 429 g/mol. The summed E-state index contributed by atoms with van der Waals surface area (Å²) in [6.07, 6.45) is -0.451. The van der Waals surface area contributed by atoms with Crippen LogP contribution in [0.3, 0.4) is 0 Å². The number of ether oxygens (including phenoxy) is 1. The number of likely N-dealkylation sites (tertiary alicyclic amines) is 1. The number of carboxylic acids is 1. The minimum Gasteiger partial charge on any atom is -0.480 e. The maximum Gasteiger partial charge on any atom is 0.410 e. The molecule has 0 spiro atoms. The van der Waals surface area contributed by atoms with Crippen LogP contribution >= 0.6 is 0 Å². The van der Waals surface area contributed by atoms with E-state index in [1.54, 1.807) is 12.1 Å². The first-order valence-corrected chi connectivity index (χ1v) is 10.4. The quantitative estimate of drug-likeness (QED) is 0.577. The number of nitrogens with zero attached hydrogens (tertiary/aromatic N) is 1. The lowest BCUT2D eigenvalue weighted by molar-refractivity contribution is -0.142. The molecule has 32 heavy (non-hydrogen) atoms. The van der Waals surface area contributed by atoms with Crippen LogP contribution in [0.1, 0.15) is 22.3 Å². The second kappa shape index (κ2) is 9.47. The molecule has 3 aromatic rings. The Morgan fingerprint density at radius 2 is 1.44 bits per heavy atom. The fourth-order valence-corrected chi connectivity index (χ4v) is 4.05. The molecule has 1 amide bonds. The molecule has 0 bridgehead atoms. The van der Waals surface area contributed by atoms with Gasteiger partial charge in [-0.15, -0.1) is 0 Å². The number of amides is 1. The van der Waals surface area contributed by atoms with Gasteiger partial charge in [-0.2, -0.15) is 0 Å². The van der Waals surface area contributed by atoms with Gasteiger partial charge in [0.15, 0.2) is 5.78 Å². The average Bonchev–Trinajstić information content (AvgIpc) is 3.29. The molecule has 0 aromatic heterocycles. The zero-order chi connectivity index (χ0) is 22.5. The summed E-state index contributed by atoms with van der Waals surface area (Å²) < 4.78 is 5.30. The van der Waals surface area contributed by atoms with Crippen LogP contribution in [0.5, 0.6) is 0 Å². The second-order valence-electron chi connectivity index (χ2n) is 7.72. The minimum absolute atomic E-state index is 0.0437. The van der Waals surface area contributed by atoms with Gasteiger partial charge in [-0.25, -0.2) is 9.59 Å². The number of benzene rings is 3. The Hall–Kier alpha value is -3.93. The molecule has 1 aliphatic rings. The average molecular weight is 429 g/mol. The number of ketones is 1. The molecular weight excluding hydrogens is 406 g/mol. The van der Waals surface area contributed by atoms with E-state index < -0.39 is 24.0 Å². The van der Waals surface area contributed by atoms with Crippen molar-refractivity contribution in [1.82, 2.24) is 4.90 Å². The first-order valence-electron chi connectivity index (χ1n) is 10.4. The van der Waals surface area contributed by atoms with E-state index in [1.807, 2.05) is 72.8 Å². The Bertz CT molecular complexity index is 1100. The molecule has 0 aliphatic carbocycles. The summed E-state index contributed by atoms with van der Waals surface area (Å²) in [5, 5.41) is 9.78. The SMILES string of the molecule is O=C(O)C1[C@@H](C(=O)c2ccc(-c3ccccc3)cc2)CCN1C(=O)OCc1ccccc1. The van der Waals surface area contributed by atoms with Gasteiger partial charge in [0.1, 0.15) is 12.6 Å². The van der Waals surface area contributed by atoms with Gasteiger partial charge in [0.25, 0.3) is 0 Å². The Morgan fingerprint density at radius 1 is 0.844 bits per heavy atom. The molecule has 1 saturated heterocycles. The highest BCUT2D eigenvalue weighted by Crippen LogP contribution is 2.30. The largest absolute Gasteiger partial charge is 0.480 e. The maximum atomic E-state index is 13.1. The molecule has 1 aliphatic heterocycles. The van der Waals surface area contributed by atoms with Crippen molar-refractivity contribution in [1.29, 1.82) is 0 Å². The highest BCUT2D eigenvalue weighted by Gasteiger charge is 2.46. The molecule has 3 aromatic carbocycles. The number of carboxylic acid groups (broad SMARTS) is 1. The normalized spacial score (nSPS) is 17.7. The van der Waals surface area contributed by atoms with Gasteiger partial charge >= 0.3 is 12.1 Å². The second-order valence-corrected chi connectivity index (χ2v) is 7.72. The topological polar surface area (TPSA) is 83.9 Å². The number of aliphatic carboxylic acids is 1. The summed E-state index contributed by atoms with van der Waals surface area (Å²) in [6.45, 7) is 0.200. The fraction of sp³-hybridized carbons (Fsp3) is 0.192. The van der Waals surface area contributed by atoms with Crippen molar-refractivity contribution in [3.05, 3.63) is 96.1 Å². The van der Waals surface area contributed by atoms with Crippen molar-refractivity contribution in [2.75, 3.05) is 6.54 Å². The van der Waals surface area contributed by atoms with Gasteiger partial charge in [0.2, 0.25) is 0 Å². The summed E-state index contributed by atoms with van der Waals surface area (Å²) in [7, 11) is 0. The lowest BCUT2D eigenvalue weighted by atomic mass is 9.90. The van der Waals surface area contributed by atoms with Crippen molar-refractivity contribution in [2.45, 2.75) is 19.1 Å². The Kier molecular flexibility index (Phi) is 6.31. The molecule has 6 heteroatoms. The third-order valence-corrected chi connectivity index (χ3v) is 5.70. The standard InChI is InChI=1S/C26H23NO5/c28-24(21-13-11-20(12-14-21)19-9-5-2-6-10-19)22-15-16-27(23(22)25(29)30)26(31)32-17-18-7-3-1-4-8-18/h1-14,22-23H,15-17H2,(H,29,30)/t22-,23?/m0/s1. The number of hydrogen-bond acceptors (Lipinski definition) is 4. The predicted octanol–water partition coefficient (Wildman–Crippen LogP) is 4.65. The maximum absolute atomic E-state index is 13.1. The van der Waals surface area contributed by atoms with E-state index >= 15 is 0 Å². The molecule has 1 heterocycles. The molecule has 0 radical (unpaired) electrons. The Morgan fingerprint density at radius 3 is 2.06 bits per heavy atom. The van der Waals surface area contributed by atoms with Crippen LogP contribution in [0.25, 0.3) is 11.1 Å². The summed E-state index contributed by atoms with van der Waals surface area (Å²) in [4.78, 5) is 38.8. The molecule has 1 N–H and O–H groups in total. The van der Waals surface area contributed by atoms with E-state index in [-0.39, 0.29) is 25.4 Å². The number of carbonyl (C=O) groups is 3. The molecule has 162 valence electrons. The Balaban J connectivity index is 1.46. The first kappa shape index (κ1) is 21.3. The van der Waals surface area contributed by atoms with Gasteiger partial charge in [-0.05, 0) is 23.1 Å². The van der Waals surface area contributed by atoms with Gasteiger partial charge in [-0.3, -0.25) is 9.69 Å². The van der Waals surface area contributed by atoms with E-state index in [4.69, 9.17) is 4.74 Å². The fourth-order valence-electron chi connectivity index (χ4n) is 4.05. The first-order chi connectivity index (χ1) is 15.5. The third-order valence-electron chi connectivity index (χ3n) is 5.70. The van der Waals surface area contributed by atoms with Gasteiger partial charge < -0.3 is 9.84 Å². The number of hydrogen-bond donors (Lipinski definition) is 1. The van der Waals surface area contributed by atoms with Crippen LogP contribution in [0.15, 0.2) is 84.9 Å². The zero-order valence-electron chi connectivity index (χ0n) is 17.4. The van der Waals surface area contributed by atoms with Crippen molar-refractivity contribution in [2.24, 2.45) is 5.92 Å². The smallest absolute Gasteiger partial charge is 0.410 e. The molecular formula is C26H23NO5. The van der Waals surface area contributed by atoms with Crippen LogP contribution in [-0.4, -0.2) is 40.4 Å². The van der Waals surface area contributed by atoms with E-state index in [0.29, 0.717) is 5.56 Å². The third kappa shape index (κ3) is 4.54. The summed E-state index contributed by atoms with van der Waals surface area (Å²) in [6, 6.07) is 24.8. The van der Waals surface area contributed by atoms with Crippen LogP contribution in [0, 0.1) is 5.92 Å². The van der Waals surface area contributed by atoms with Crippen molar-refractivity contribution in [3.63, 3.8) is 0 Å². The van der Waals surface area contributed by atoms with E-state index in [2.05, 4.69) is 0 Å². The van der Waals surface area contributed by atoms with Crippen LogP contribution in [0.4, 0.5) is 4.79 Å². The predicted molar refractivity (Wildman–Crippen MR) is 119 cm³/mol. The van der Waals surface area contributed by atoms with Crippen LogP contribution in [-0.2, 0) is 16.1 Å². The van der Waals surface area contributed by atoms with E-state index in [1.165, 1.54) is 0 Å². The molecule has 2 atom stereocenters. The lowest BCUT2D eigenvalue weighted by Crippen LogP contribution is -2.45. The summed E-state index contributed by atoms with van der Waals surface area (Å²) in [5.41, 5.74) is 3.23. The van der Waals surface area contributed by atoms with Gasteiger partial charge in [-0.1, -0.05) is 84.9 Å². The zero-order valence-corrected chi connectivity index (χ0v) is 17.4. The summed E-state index contributed by atoms with van der Waals surface area (Å²) >= 11 is 0. The van der Waals surface area contributed by atoms with Crippen molar-refractivity contribution >= 4 is 17.8 Å². The van der Waals surface area contributed by atoms with E-state index in [0.717, 1.165) is 21.6 Å². The van der Waals surface area contributed by atoms with Gasteiger partial charge in [0, 0.05) is 12.1 Å². The lowest BCUT2D eigenvalue weighted by Gasteiger charge is -2.23. The Labute approximate surface area is 186 Å². The number of carbonyl (C=O) groups excluding carboxylic acids is 2. The molecule has 1 fully saturated rings. The highest BCUT2D eigenvalue weighted by molar-refractivity contribution is 6.02. The number of Topliss-reactive ketones (excluding diaryl/α,β-unsaturated/α-hetero) is 1. The molecule has 4 rings (SSSR count).